The van der Waals surface area contributed by atoms with Crippen LogP contribution in [0.5, 0.6) is 0 Å². The Balaban J connectivity index is 1.90. The monoisotopic (exact) mass is 403 g/mol. The molecule has 0 spiro atoms. The summed E-state index contributed by atoms with van der Waals surface area (Å²) < 4.78 is 0.652. The molecule has 0 heterocycles. The van der Waals surface area contributed by atoms with E-state index in [1.54, 1.807) is 55.5 Å². The first-order valence-electron chi connectivity index (χ1n) is 7.36. The normalized spacial score (nSPS) is 10.9. The van der Waals surface area contributed by atoms with Gasteiger partial charge in [-0.1, -0.05) is 18.2 Å². The zero-order valence-electron chi connectivity index (χ0n) is 13.4. The van der Waals surface area contributed by atoms with Gasteiger partial charge in [-0.3, -0.25) is 9.59 Å². The van der Waals surface area contributed by atoms with Gasteiger partial charge in [0.25, 0.3) is 11.8 Å². The van der Waals surface area contributed by atoms with Crippen molar-refractivity contribution < 1.29 is 14.7 Å². The van der Waals surface area contributed by atoms with Gasteiger partial charge < -0.3 is 5.32 Å². The summed E-state index contributed by atoms with van der Waals surface area (Å²) in [7, 11) is 0. The fourth-order valence-corrected chi connectivity index (χ4v) is 2.44. The number of nitrogens with one attached hydrogen (secondary N) is 3. The van der Waals surface area contributed by atoms with Crippen LogP contribution in [0.3, 0.4) is 0 Å². The molecule has 0 aliphatic carbocycles. The standard InChI is InChI=1S/C17H15BrN4O3/c1-11(12-5-4-6-13(9-12)22-25)20-21-16(23)10-19-17(24)14-7-2-3-8-15(14)18/h2-9H,10H2,1H3,(H,19,24)(H,21,23)/p+1/b20-11+. The highest BCUT2D eigenvalue weighted by Crippen LogP contribution is 2.15. The van der Waals surface area contributed by atoms with Gasteiger partial charge >= 0.3 is 0 Å². The Morgan fingerprint density at radius 3 is 2.64 bits per heavy atom. The van der Waals surface area contributed by atoms with Crippen molar-refractivity contribution in [3.05, 3.63) is 69.0 Å². The van der Waals surface area contributed by atoms with Gasteiger partial charge in [0.1, 0.15) is 12.2 Å². The third-order valence-corrected chi connectivity index (χ3v) is 3.99. The summed E-state index contributed by atoms with van der Waals surface area (Å²) in [6, 6.07) is 13.6. The topological polar surface area (TPSA) is 102 Å². The van der Waals surface area contributed by atoms with Crippen molar-refractivity contribution in [3.63, 3.8) is 0 Å². The fraction of sp³-hybridized carbons (Fsp3) is 0.118. The Morgan fingerprint density at radius 2 is 1.92 bits per heavy atom. The summed E-state index contributed by atoms with van der Waals surface area (Å²) >= 11 is 3.28. The number of hydrazine groups is 1. The summed E-state index contributed by atoms with van der Waals surface area (Å²) in [6.07, 6.45) is 0. The first-order valence-corrected chi connectivity index (χ1v) is 8.15. The van der Waals surface area contributed by atoms with Crippen molar-refractivity contribution in [1.82, 2.24) is 10.7 Å². The van der Waals surface area contributed by atoms with Gasteiger partial charge in [-0.15, -0.1) is 15.4 Å². The van der Waals surface area contributed by atoms with Crippen LogP contribution < -0.4 is 15.8 Å². The Labute approximate surface area is 152 Å². The lowest BCUT2D eigenvalue weighted by atomic mass is 10.1. The SMILES string of the molecule is C/C(=[NH+]\NC(=O)CNC(=O)c1ccccc1Br)c1cccc(N=O)c1. The Kier molecular flexibility index (Phi) is 6.53. The number of rotatable bonds is 6. The Hall–Kier alpha value is -2.87. The van der Waals surface area contributed by atoms with E-state index in [1.165, 1.54) is 0 Å². The van der Waals surface area contributed by atoms with Crippen LogP contribution in [0, 0.1) is 4.91 Å². The molecular formula is C17H16BrN4O3+. The third kappa shape index (κ3) is 5.32. The minimum atomic E-state index is -0.413. The van der Waals surface area contributed by atoms with Gasteiger partial charge in [0.2, 0.25) is 5.71 Å². The van der Waals surface area contributed by atoms with E-state index >= 15 is 0 Å². The molecule has 8 heteroatoms. The molecule has 2 amide bonds. The number of carbonyl (C=O) groups excluding carboxylic acids is 2. The number of hydrogen-bond acceptors (Lipinski definition) is 4. The smallest absolute Gasteiger partial charge is 0.293 e. The molecule has 0 aliphatic heterocycles. The Morgan fingerprint density at radius 1 is 1.16 bits per heavy atom. The number of hydrogen-bond donors (Lipinski definition) is 3. The van der Waals surface area contributed by atoms with Gasteiger partial charge in [0, 0.05) is 17.0 Å². The number of nitrogens with zero attached hydrogens (tertiary/aromatic N) is 1. The van der Waals surface area contributed by atoms with Crippen molar-refractivity contribution in [2.24, 2.45) is 5.18 Å². The molecule has 2 rings (SSSR count). The zero-order chi connectivity index (χ0) is 18.2. The predicted molar refractivity (Wildman–Crippen MR) is 97.3 cm³/mol. The van der Waals surface area contributed by atoms with Crippen LogP contribution in [0.1, 0.15) is 22.8 Å². The van der Waals surface area contributed by atoms with E-state index in [4.69, 9.17) is 0 Å². The molecule has 0 saturated carbocycles. The van der Waals surface area contributed by atoms with Crippen LogP contribution in [0.4, 0.5) is 5.69 Å². The van der Waals surface area contributed by atoms with Crippen molar-refractivity contribution in [1.29, 1.82) is 0 Å². The highest BCUT2D eigenvalue weighted by atomic mass is 79.9. The number of hydrazone groups is 1. The fourth-order valence-electron chi connectivity index (χ4n) is 1.98. The number of nitroso groups, excluding NO2 is 1. The maximum absolute atomic E-state index is 12.0. The van der Waals surface area contributed by atoms with Crippen molar-refractivity contribution >= 4 is 39.1 Å². The number of halogens is 1. The molecule has 0 atom stereocenters. The predicted octanol–water partition coefficient (Wildman–Crippen LogP) is 1.20. The molecule has 2 aromatic rings. The lowest BCUT2D eigenvalue weighted by Gasteiger charge is -2.05. The minimum Gasteiger partial charge on any atom is -0.343 e. The quantitative estimate of drug-likeness (QED) is 0.383. The molecule has 0 unspecified atom stereocenters. The molecule has 0 fully saturated rings. The minimum absolute atomic E-state index is 0.184. The maximum atomic E-state index is 12.0. The average Bonchev–Trinajstić information content (AvgIpc) is 2.64. The first kappa shape index (κ1) is 18.5. The summed E-state index contributed by atoms with van der Waals surface area (Å²) in [5.41, 5.74) is 4.58. The lowest BCUT2D eigenvalue weighted by molar-refractivity contribution is -0.511. The molecule has 3 N–H and O–H groups in total. The van der Waals surface area contributed by atoms with E-state index in [0.717, 1.165) is 5.56 Å². The highest BCUT2D eigenvalue weighted by molar-refractivity contribution is 9.10. The van der Waals surface area contributed by atoms with Crippen molar-refractivity contribution in [2.75, 3.05) is 6.54 Å². The number of carbonyl (C=O) groups is 2. The molecule has 128 valence electrons. The molecule has 0 aromatic heterocycles. The molecule has 2 aromatic carbocycles. The number of benzene rings is 2. The van der Waals surface area contributed by atoms with Gasteiger partial charge in [-0.05, 0) is 51.4 Å². The molecular weight excluding hydrogens is 388 g/mol. The number of amides is 2. The first-order chi connectivity index (χ1) is 12.0. The van der Waals surface area contributed by atoms with Crippen molar-refractivity contribution in [3.8, 4) is 0 Å². The van der Waals surface area contributed by atoms with E-state index in [-0.39, 0.29) is 12.5 Å². The van der Waals surface area contributed by atoms with Crippen molar-refractivity contribution in [2.45, 2.75) is 6.92 Å². The summed E-state index contributed by atoms with van der Waals surface area (Å²) in [4.78, 5) is 34.4. The summed E-state index contributed by atoms with van der Waals surface area (Å²) in [6.45, 7) is 1.56. The Bertz CT molecular complexity index is 836. The van der Waals surface area contributed by atoms with Gasteiger partial charge in [0.15, 0.2) is 0 Å². The van der Waals surface area contributed by atoms with Crippen LogP contribution in [0.2, 0.25) is 0 Å². The van der Waals surface area contributed by atoms with E-state index < -0.39 is 5.91 Å². The average molecular weight is 404 g/mol. The molecule has 7 nitrogen and oxygen atoms in total. The van der Waals surface area contributed by atoms with Crippen LogP contribution in [-0.4, -0.2) is 24.1 Å². The highest BCUT2D eigenvalue weighted by Gasteiger charge is 2.12. The second-order valence-corrected chi connectivity index (χ2v) is 5.96. The van der Waals surface area contributed by atoms with Crippen LogP contribution in [0.15, 0.2) is 58.2 Å². The van der Waals surface area contributed by atoms with E-state index in [1.807, 2.05) is 0 Å². The van der Waals surface area contributed by atoms with Gasteiger partial charge in [0.05, 0.1) is 5.56 Å². The zero-order valence-corrected chi connectivity index (χ0v) is 15.0. The van der Waals surface area contributed by atoms with Crippen LogP contribution in [-0.2, 0) is 4.79 Å². The second kappa shape index (κ2) is 8.84. The van der Waals surface area contributed by atoms with Crippen LogP contribution in [0.25, 0.3) is 0 Å². The third-order valence-electron chi connectivity index (χ3n) is 3.30. The molecule has 0 aliphatic rings. The van der Waals surface area contributed by atoms with Gasteiger partial charge in [-0.2, -0.15) is 0 Å². The van der Waals surface area contributed by atoms with E-state index in [2.05, 4.69) is 37.0 Å². The molecule has 0 saturated heterocycles. The summed E-state index contributed by atoms with van der Waals surface area (Å²) in [5, 5.41) is 8.14. The van der Waals surface area contributed by atoms with Gasteiger partial charge in [-0.25, -0.2) is 0 Å². The summed E-state index contributed by atoms with van der Waals surface area (Å²) in [5.74, 6) is -0.766. The molecule has 25 heavy (non-hydrogen) atoms. The lowest BCUT2D eigenvalue weighted by Crippen LogP contribution is -2.84. The second-order valence-electron chi connectivity index (χ2n) is 5.10. The molecule has 0 bridgehead atoms. The van der Waals surface area contributed by atoms with E-state index in [9.17, 15) is 14.5 Å². The maximum Gasteiger partial charge on any atom is 0.293 e. The molecule has 0 radical (unpaired) electrons. The van der Waals surface area contributed by atoms with Crippen LogP contribution >= 0.6 is 15.9 Å². The largest absolute Gasteiger partial charge is 0.343 e. The van der Waals surface area contributed by atoms with E-state index in [0.29, 0.717) is 21.4 Å².